The summed E-state index contributed by atoms with van der Waals surface area (Å²) >= 11 is 6.01. The average Bonchev–Trinajstić information content (AvgIpc) is 2.20. The largest absolute Gasteiger partial charge is 0.492 e. The van der Waals surface area contributed by atoms with Crippen molar-refractivity contribution in [3.63, 3.8) is 0 Å². The van der Waals surface area contributed by atoms with E-state index in [4.69, 9.17) is 21.5 Å². The van der Waals surface area contributed by atoms with E-state index >= 15 is 0 Å². The summed E-state index contributed by atoms with van der Waals surface area (Å²) in [5, 5.41) is 8.86. The minimum Gasteiger partial charge on any atom is -0.492 e. The molecule has 0 aliphatic heterocycles. The van der Waals surface area contributed by atoms with Crippen molar-refractivity contribution < 1.29 is 9.94 Å². The van der Waals surface area contributed by atoms with Gasteiger partial charge in [-0.3, -0.25) is 10.7 Å². The lowest BCUT2D eigenvalue weighted by molar-refractivity contribution is 0.240. The van der Waals surface area contributed by atoms with Gasteiger partial charge in [0.1, 0.15) is 12.1 Å². The monoisotopic (exact) mass is 228 g/mol. The Labute approximate surface area is 93.5 Å². The molecule has 0 aliphatic carbocycles. The molecule has 2 N–H and O–H groups in total. The van der Waals surface area contributed by atoms with Crippen LogP contribution in [0.15, 0.2) is 17.1 Å². The molecule has 0 radical (unpaired) electrons. The third kappa shape index (κ3) is 3.11. The zero-order valence-electron chi connectivity index (χ0n) is 8.62. The second kappa shape index (κ2) is 5.58. The van der Waals surface area contributed by atoms with Crippen LogP contribution in [0.3, 0.4) is 0 Å². The van der Waals surface area contributed by atoms with Crippen molar-refractivity contribution in [2.45, 2.75) is 13.8 Å². The lowest BCUT2D eigenvalue weighted by Crippen LogP contribution is -2.01. The van der Waals surface area contributed by atoms with Crippen LogP contribution in [0.5, 0.6) is 5.75 Å². The van der Waals surface area contributed by atoms with Gasteiger partial charge >= 0.3 is 0 Å². The first-order chi connectivity index (χ1) is 7.19. The smallest absolute Gasteiger partial charge is 0.140 e. The third-order valence-electron chi connectivity index (χ3n) is 1.77. The summed E-state index contributed by atoms with van der Waals surface area (Å²) in [5.41, 5.74) is 3.40. The molecular formula is C10H13ClN2O2. The molecule has 5 heteroatoms. The van der Waals surface area contributed by atoms with E-state index in [1.54, 1.807) is 6.07 Å². The molecule has 1 aromatic carbocycles. The number of aliphatic imine (C=N–C) groups is 1. The topological polar surface area (TPSA) is 53.8 Å². The van der Waals surface area contributed by atoms with E-state index in [2.05, 4.69) is 4.99 Å². The summed E-state index contributed by atoms with van der Waals surface area (Å²) in [6.45, 7) is 4.36. The van der Waals surface area contributed by atoms with Gasteiger partial charge in [0, 0.05) is 0 Å². The van der Waals surface area contributed by atoms with Crippen LogP contribution in [0.2, 0.25) is 5.02 Å². The summed E-state index contributed by atoms with van der Waals surface area (Å²) < 4.78 is 5.38. The molecule has 0 bridgehead atoms. The molecule has 0 saturated heterocycles. The summed E-state index contributed by atoms with van der Waals surface area (Å²) in [7, 11) is 0. The first-order valence-corrected chi connectivity index (χ1v) is 4.92. The molecule has 0 aliphatic rings. The van der Waals surface area contributed by atoms with E-state index in [1.807, 2.05) is 25.4 Å². The molecule has 0 aromatic heterocycles. The summed E-state index contributed by atoms with van der Waals surface area (Å²) in [6.07, 6.45) is 1.17. The quantitative estimate of drug-likeness (QED) is 0.473. The normalized spacial score (nSPS) is 10.7. The predicted molar refractivity (Wildman–Crippen MR) is 60.4 cm³/mol. The Morgan fingerprint density at radius 2 is 2.33 bits per heavy atom. The molecular weight excluding hydrogens is 216 g/mol. The first-order valence-electron chi connectivity index (χ1n) is 4.54. The van der Waals surface area contributed by atoms with Gasteiger partial charge in [-0.2, -0.15) is 0 Å². The van der Waals surface area contributed by atoms with Gasteiger partial charge in [0.2, 0.25) is 0 Å². The minimum absolute atomic E-state index is 0.516. The zero-order valence-corrected chi connectivity index (χ0v) is 9.38. The van der Waals surface area contributed by atoms with Crippen molar-refractivity contribution in [3.05, 3.63) is 22.7 Å². The Kier molecular flexibility index (Phi) is 4.39. The van der Waals surface area contributed by atoms with Crippen molar-refractivity contribution >= 4 is 23.6 Å². The molecule has 0 spiro atoms. The molecule has 1 rings (SSSR count). The van der Waals surface area contributed by atoms with Crippen LogP contribution in [0, 0.1) is 6.92 Å². The number of halogens is 1. The molecule has 82 valence electrons. The zero-order chi connectivity index (χ0) is 11.3. The Hall–Kier alpha value is -1.26. The van der Waals surface area contributed by atoms with E-state index in [0.717, 1.165) is 5.56 Å². The molecule has 0 saturated carbocycles. The van der Waals surface area contributed by atoms with E-state index in [1.165, 1.54) is 6.34 Å². The van der Waals surface area contributed by atoms with Gasteiger partial charge in [0.25, 0.3) is 0 Å². The Morgan fingerprint density at radius 3 is 2.87 bits per heavy atom. The van der Waals surface area contributed by atoms with Crippen molar-refractivity contribution in [1.29, 1.82) is 0 Å². The van der Waals surface area contributed by atoms with Crippen molar-refractivity contribution in [2.75, 3.05) is 6.61 Å². The average molecular weight is 229 g/mol. The van der Waals surface area contributed by atoms with Crippen LogP contribution in [0.1, 0.15) is 12.5 Å². The fourth-order valence-corrected chi connectivity index (χ4v) is 1.53. The van der Waals surface area contributed by atoms with Crippen molar-refractivity contribution in [3.8, 4) is 5.75 Å². The summed E-state index contributed by atoms with van der Waals surface area (Å²) in [6, 6.07) is 3.50. The van der Waals surface area contributed by atoms with Crippen molar-refractivity contribution in [2.24, 2.45) is 4.99 Å². The highest BCUT2D eigenvalue weighted by atomic mass is 35.5. The number of hydrogen-bond donors (Lipinski definition) is 2. The minimum atomic E-state index is 0.516. The second-order valence-electron chi connectivity index (χ2n) is 2.89. The highest BCUT2D eigenvalue weighted by Gasteiger charge is 2.06. The van der Waals surface area contributed by atoms with Crippen LogP contribution in [0.4, 0.5) is 5.69 Å². The van der Waals surface area contributed by atoms with E-state index in [9.17, 15) is 0 Å². The van der Waals surface area contributed by atoms with Crippen molar-refractivity contribution in [1.82, 2.24) is 5.48 Å². The Bertz CT molecular complexity index is 343. The molecule has 4 nitrogen and oxygen atoms in total. The molecule has 15 heavy (non-hydrogen) atoms. The fraction of sp³-hybridized carbons (Fsp3) is 0.300. The molecule has 0 fully saturated rings. The number of aryl methyl sites for hydroxylation is 1. The molecule has 0 unspecified atom stereocenters. The van der Waals surface area contributed by atoms with Crippen LogP contribution in [-0.4, -0.2) is 18.2 Å². The van der Waals surface area contributed by atoms with Crippen LogP contribution < -0.4 is 10.2 Å². The van der Waals surface area contributed by atoms with Gasteiger partial charge in [-0.1, -0.05) is 11.6 Å². The van der Waals surface area contributed by atoms with E-state index in [0.29, 0.717) is 23.1 Å². The highest BCUT2D eigenvalue weighted by molar-refractivity contribution is 6.32. The van der Waals surface area contributed by atoms with E-state index in [-0.39, 0.29) is 0 Å². The lowest BCUT2D eigenvalue weighted by atomic mass is 10.2. The van der Waals surface area contributed by atoms with Gasteiger partial charge in [-0.05, 0) is 31.5 Å². The number of benzene rings is 1. The van der Waals surface area contributed by atoms with Crippen LogP contribution >= 0.6 is 11.6 Å². The molecule has 0 atom stereocenters. The lowest BCUT2D eigenvalue weighted by Gasteiger charge is -2.09. The number of hydrogen-bond acceptors (Lipinski definition) is 3. The van der Waals surface area contributed by atoms with E-state index < -0.39 is 0 Å². The maximum atomic E-state index is 8.35. The number of nitrogens with zero attached hydrogens (tertiary/aromatic N) is 1. The number of nitrogens with one attached hydrogen (secondary N) is 1. The third-order valence-corrected chi connectivity index (χ3v) is 2.05. The standard InChI is InChI=1S/C10H13ClN2O2/c1-3-15-10-7(2)4-8(5-9(10)11)12-6-13-14/h4-6,14H,3H2,1-2H3,(H,12,13). The summed E-state index contributed by atoms with van der Waals surface area (Å²) in [5.74, 6) is 0.676. The number of hydroxylamine groups is 1. The maximum Gasteiger partial charge on any atom is 0.140 e. The predicted octanol–water partition coefficient (Wildman–Crippen LogP) is 2.69. The highest BCUT2D eigenvalue weighted by Crippen LogP contribution is 2.32. The van der Waals surface area contributed by atoms with Gasteiger partial charge in [0.05, 0.1) is 17.3 Å². The number of rotatable bonds is 4. The van der Waals surface area contributed by atoms with Gasteiger partial charge in [-0.15, -0.1) is 0 Å². The van der Waals surface area contributed by atoms with Gasteiger partial charge < -0.3 is 4.74 Å². The molecule has 0 heterocycles. The van der Waals surface area contributed by atoms with Gasteiger partial charge in [-0.25, -0.2) is 4.99 Å². The number of ether oxygens (including phenoxy) is 1. The molecule has 1 aromatic rings. The first kappa shape index (κ1) is 11.8. The van der Waals surface area contributed by atoms with Crippen LogP contribution in [0.25, 0.3) is 0 Å². The maximum absolute atomic E-state index is 8.35. The Balaban J connectivity index is 3.02. The molecule has 0 amide bonds. The summed E-state index contributed by atoms with van der Waals surface area (Å²) in [4.78, 5) is 3.92. The second-order valence-corrected chi connectivity index (χ2v) is 3.30. The van der Waals surface area contributed by atoms with Gasteiger partial charge in [0.15, 0.2) is 0 Å². The Morgan fingerprint density at radius 1 is 1.60 bits per heavy atom. The fourth-order valence-electron chi connectivity index (χ4n) is 1.22. The van der Waals surface area contributed by atoms with Crippen LogP contribution in [-0.2, 0) is 0 Å². The SMILES string of the molecule is CCOc1c(C)cc(N=CNO)cc1Cl.